The van der Waals surface area contributed by atoms with Crippen molar-refractivity contribution in [3.05, 3.63) is 96.1 Å². The lowest BCUT2D eigenvalue weighted by Crippen LogP contribution is -2.36. The summed E-state index contributed by atoms with van der Waals surface area (Å²) >= 11 is 0. The van der Waals surface area contributed by atoms with Crippen LogP contribution in [0.2, 0.25) is 0 Å². The van der Waals surface area contributed by atoms with Crippen molar-refractivity contribution in [1.29, 1.82) is 0 Å². The Morgan fingerprint density at radius 2 is 1.79 bits per heavy atom. The van der Waals surface area contributed by atoms with Crippen molar-refractivity contribution >= 4 is 45.0 Å². The molecule has 3 aromatic carbocycles. The Morgan fingerprint density at radius 3 is 2.62 bits per heavy atom. The average molecular weight is 452 g/mol. The molecular weight excluding hydrogens is 435 g/mol. The predicted molar refractivity (Wildman–Crippen MR) is 125 cm³/mol. The monoisotopic (exact) mass is 452 g/mol. The minimum Gasteiger partial charge on any atom is -0.508 e. The van der Waals surface area contributed by atoms with Gasteiger partial charge in [0.15, 0.2) is 0 Å². The number of rotatable bonds is 3. The van der Waals surface area contributed by atoms with Crippen LogP contribution in [0, 0.1) is 5.82 Å². The number of pyridine rings is 1. The number of carbonyl (C=O) groups is 2. The number of phenolic OH excluding ortho intramolecular Hbond substituents is 1. The van der Waals surface area contributed by atoms with Gasteiger partial charge in [0.25, 0.3) is 11.8 Å². The molecule has 3 heterocycles. The minimum atomic E-state index is -1.04. The van der Waals surface area contributed by atoms with Gasteiger partial charge in [-0.15, -0.1) is 0 Å². The van der Waals surface area contributed by atoms with Crippen molar-refractivity contribution in [2.45, 2.75) is 6.04 Å². The Labute approximate surface area is 192 Å². The molecule has 0 radical (unpaired) electrons. The van der Waals surface area contributed by atoms with Crippen LogP contribution in [0.4, 0.5) is 15.8 Å². The number of para-hydroxylation sites is 1. The van der Waals surface area contributed by atoms with Crippen LogP contribution < -0.4 is 10.2 Å². The molecule has 5 aromatic rings. The summed E-state index contributed by atoms with van der Waals surface area (Å²) in [6.45, 7) is 0. The minimum absolute atomic E-state index is 0.0370. The first-order chi connectivity index (χ1) is 16.5. The first-order valence-corrected chi connectivity index (χ1v) is 10.6. The number of nitrogens with one attached hydrogen (secondary N) is 2. The highest BCUT2D eigenvalue weighted by Gasteiger charge is 2.39. The molecule has 166 valence electrons. The summed E-state index contributed by atoms with van der Waals surface area (Å²) in [7, 11) is 0. The number of aromatic hydroxyl groups is 1. The second-order valence-electron chi connectivity index (χ2n) is 8.09. The highest BCUT2D eigenvalue weighted by molar-refractivity contribution is 6.13. The van der Waals surface area contributed by atoms with Crippen LogP contribution in [0.1, 0.15) is 22.1 Å². The number of carbonyl (C=O) groups excluding carboxylic acids is 2. The molecule has 1 unspecified atom stereocenters. The molecule has 0 saturated carbocycles. The Hall–Kier alpha value is -4.72. The van der Waals surface area contributed by atoms with E-state index in [1.165, 1.54) is 41.3 Å². The number of halogens is 1. The third-order valence-electron chi connectivity index (χ3n) is 6.01. The molecule has 1 atom stereocenters. The fraction of sp³-hybridized carbons (Fsp3) is 0.0385. The molecule has 0 fully saturated rings. The molecule has 6 rings (SSSR count). The van der Waals surface area contributed by atoms with E-state index in [1.54, 1.807) is 18.3 Å². The normalized spacial score (nSPS) is 15.1. The van der Waals surface area contributed by atoms with Crippen molar-refractivity contribution in [3.8, 4) is 5.75 Å². The standard InChI is InChI=1S/C26H17FN4O3/c27-14-5-7-15(8-6-14)31-23-10-9-16(32)11-19(23)24(26(31)34)30-25(33)21-12-18-17-3-1-2-4-20(17)29-22(18)13-28-21/h1-13,24,29,32H,(H,30,33). The van der Waals surface area contributed by atoms with Crippen LogP contribution in [0.15, 0.2) is 79.0 Å². The smallest absolute Gasteiger partial charge is 0.270 e. The number of amides is 2. The summed E-state index contributed by atoms with van der Waals surface area (Å²) in [6.07, 6.45) is 1.59. The van der Waals surface area contributed by atoms with Crippen LogP contribution in [0.25, 0.3) is 21.8 Å². The summed E-state index contributed by atoms with van der Waals surface area (Å²) in [5.41, 5.74) is 3.28. The van der Waals surface area contributed by atoms with E-state index in [9.17, 15) is 19.1 Å². The Balaban J connectivity index is 1.37. The van der Waals surface area contributed by atoms with Crippen LogP contribution in [-0.2, 0) is 4.79 Å². The lowest BCUT2D eigenvalue weighted by atomic mass is 10.1. The second-order valence-corrected chi connectivity index (χ2v) is 8.09. The fourth-order valence-corrected chi connectivity index (χ4v) is 4.43. The van der Waals surface area contributed by atoms with Crippen LogP contribution in [-0.4, -0.2) is 26.9 Å². The van der Waals surface area contributed by atoms with Gasteiger partial charge in [0.2, 0.25) is 0 Å². The summed E-state index contributed by atoms with van der Waals surface area (Å²) in [6, 6.07) is 18.4. The molecule has 8 heteroatoms. The van der Waals surface area contributed by atoms with Gasteiger partial charge in [-0.3, -0.25) is 14.5 Å². The van der Waals surface area contributed by atoms with Gasteiger partial charge in [-0.25, -0.2) is 9.37 Å². The molecular formula is C26H17FN4O3. The molecule has 0 aliphatic carbocycles. The summed E-state index contributed by atoms with van der Waals surface area (Å²) in [4.78, 5) is 35.5. The number of H-pyrrole nitrogens is 1. The maximum atomic E-state index is 13.4. The van der Waals surface area contributed by atoms with Crippen molar-refractivity contribution in [2.75, 3.05) is 4.90 Å². The molecule has 2 aromatic heterocycles. The molecule has 0 bridgehead atoms. The predicted octanol–water partition coefficient (Wildman–Crippen LogP) is 4.71. The van der Waals surface area contributed by atoms with Gasteiger partial charge in [0, 0.05) is 27.5 Å². The number of aromatic nitrogens is 2. The molecule has 2 amide bonds. The first-order valence-electron chi connectivity index (χ1n) is 10.6. The van der Waals surface area contributed by atoms with Gasteiger partial charge >= 0.3 is 0 Å². The summed E-state index contributed by atoms with van der Waals surface area (Å²) in [5.74, 6) is -1.41. The number of nitrogens with zero attached hydrogens (tertiary/aromatic N) is 2. The van der Waals surface area contributed by atoms with Crippen LogP contribution >= 0.6 is 0 Å². The number of phenols is 1. The van der Waals surface area contributed by atoms with E-state index in [2.05, 4.69) is 15.3 Å². The number of hydrogen-bond donors (Lipinski definition) is 3. The van der Waals surface area contributed by atoms with E-state index < -0.39 is 23.7 Å². The molecule has 34 heavy (non-hydrogen) atoms. The molecule has 3 N–H and O–H groups in total. The van der Waals surface area contributed by atoms with Gasteiger partial charge in [0.05, 0.1) is 17.4 Å². The molecule has 1 aliphatic rings. The van der Waals surface area contributed by atoms with Crippen molar-refractivity contribution in [2.24, 2.45) is 0 Å². The van der Waals surface area contributed by atoms with Crippen LogP contribution in [0.3, 0.4) is 0 Å². The zero-order valence-corrected chi connectivity index (χ0v) is 17.6. The SMILES string of the molecule is O=C(NC1C(=O)N(c2ccc(F)cc2)c2ccc(O)cc21)c1cc2c(cn1)[nH]c1ccccc12. The highest BCUT2D eigenvalue weighted by Crippen LogP contribution is 2.42. The van der Waals surface area contributed by atoms with Gasteiger partial charge < -0.3 is 15.4 Å². The number of aromatic amines is 1. The highest BCUT2D eigenvalue weighted by atomic mass is 19.1. The van der Waals surface area contributed by atoms with Gasteiger partial charge in [0.1, 0.15) is 23.3 Å². The van der Waals surface area contributed by atoms with E-state index in [-0.39, 0.29) is 11.4 Å². The van der Waals surface area contributed by atoms with Crippen molar-refractivity contribution in [3.63, 3.8) is 0 Å². The first kappa shape index (κ1) is 19.9. The molecule has 0 saturated heterocycles. The number of anilines is 2. The zero-order valence-electron chi connectivity index (χ0n) is 17.6. The summed E-state index contributed by atoms with van der Waals surface area (Å²) < 4.78 is 13.4. The van der Waals surface area contributed by atoms with Gasteiger partial charge in [-0.2, -0.15) is 0 Å². The van der Waals surface area contributed by atoms with Crippen LogP contribution in [0.5, 0.6) is 5.75 Å². The quantitative estimate of drug-likeness (QED) is 0.369. The second kappa shape index (κ2) is 7.41. The lowest BCUT2D eigenvalue weighted by Gasteiger charge is -2.18. The molecule has 7 nitrogen and oxygen atoms in total. The van der Waals surface area contributed by atoms with E-state index in [0.29, 0.717) is 16.9 Å². The maximum Gasteiger partial charge on any atom is 0.270 e. The zero-order chi connectivity index (χ0) is 23.4. The fourth-order valence-electron chi connectivity index (χ4n) is 4.43. The third kappa shape index (κ3) is 3.07. The summed E-state index contributed by atoms with van der Waals surface area (Å²) in [5, 5.41) is 14.6. The van der Waals surface area contributed by atoms with E-state index in [0.717, 1.165) is 21.8 Å². The van der Waals surface area contributed by atoms with E-state index in [4.69, 9.17) is 0 Å². The number of hydrogen-bond acceptors (Lipinski definition) is 4. The number of fused-ring (bicyclic) bond motifs is 4. The third-order valence-corrected chi connectivity index (χ3v) is 6.01. The molecule has 0 spiro atoms. The van der Waals surface area contributed by atoms with Gasteiger partial charge in [-0.1, -0.05) is 18.2 Å². The maximum absolute atomic E-state index is 13.4. The number of benzene rings is 3. The Morgan fingerprint density at radius 1 is 1.00 bits per heavy atom. The Bertz CT molecular complexity index is 1610. The van der Waals surface area contributed by atoms with E-state index in [1.807, 2.05) is 24.3 Å². The average Bonchev–Trinajstić information content (AvgIpc) is 3.34. The van der Waals surface area contributed by atoms with Gasteiger partial charge in [-0.05, 0) is 54.6 Å². The largest absolute Gasteiger partial charge is 0.508 e. The van der Waals surface area contributed by atoms with Crippen molar-refractivity contribution in [1.82, 2.24) is 15.3 Å². The lowest BCUT2D eigenvalue weighted by molar-refractivity contribution is -0.119. The van der Waals surface area contributed by atoms with Crippen molar-refractivity contribution < 1.29 is 19.1 Å². The Kier molecular flexibility index (Phi) is 4.35. The molecule has 1 aliphatic heterocycles. The van der Waals surface area contributed by atoms with E-state index >= 15 is 0 Å². The topological polar surface area (TPSA) is 98.3 Å².